The van der Waals surface area contributed by atoms with Crippen molar-refractivity contribution in [2.75, 3.05) is 19.6 Å². The number of β-amino-alcohol motifs (C(OH)–C–C–N with tert-alkyl or cyclic N) is 1. The molecule has 2 aromatic rings. The topological polar surface area (TPSA) is 141 Å². The first-order chi connectivity index (χ1) is 21.0. The molecule has 246 valence electrons. The molecule has 2 aliphatic rings. The molecule has 3 heterocycles. The maximum Gasteiger partial charge on any atom is 0.410 e. The van der Waals surface area contributed by atoms with Crippen LogP contribution >= 0.6 is 11.3 Å². The van der Waals surface area contributed by atoms with Crippen LogP contribution in [0, 0.1) is 18.3 Å². The number of hydrogen-bond acceptors (Lipinski definition) is 8. The third-order valence-corrected chi connectivity index (χ3v) is 9.19. The second kappa shape index (κ2) is 13.9. The first kappa shape index (κ1) is 34.4. The molecule has 12 heteroatoms. The van der Waals surface area contributed by atoms with Gasteiger partial charge in [0.2, 0.25) is 17.7 Å². The van der Waals surface area contributed by atoms with Crippen LogP contribution in [0.15, 0.2) is 29.8 Å². The van der Waals surface area contributed by atoms with E-state index < -0.39 is 41.2 Å². The van der Waals surface area contributed by atoms with Crippen LogP contribution in [0.5, 0.6) is 0 Å². The minimum atomic E-state index is -0.905. The lowest BCUT2D eigenvalue weighted by atomic mass is 9.84. The summed E-state index contributed by atoms with van der Waals surface area (Å²) in [5, 5.41) is 16.4. The Kier molecular flexibility index (Phi) is 10.6. The molecule has 4 rings (SSSR count). The van der Waals surface area contributed by atoms with Crippen LogP contribution in [0.4, 0.5) is 4.79 Å². The zero-order valence-electron chi connectivity index (χ0n) is 27.4. The van der Waals surface area contributed by atoms with E-state index >= 15 is 0 Å². The van der Waals surface area contributed by atoms with E-state index in [1.54, 1.807) is 16.2 Å². The molecule has 3 N–H and O–H groups in total. The van der Waals surface area contributed by atoms with Crippen LogP contribution in [0.2, 0.25) is 0 Å². The van der Waals surface area contributed by atoms with Gasteiger partial charge in [-0.25, -0.2) is 9.78 Å². The Balaban J connectivity index is 1.36. The normalized spacial score (nSPS) is 20.1. The van der Waals surface area contributed by atoms with E-state index in [-0.39, 0.29) is 37.2 Å². The molecule has 1 aromatic carbocycles. The molecule has 0 bridgehead atoms. The van der Waals surface area contributed by atoms with Crippen molar-refractivity contribution < 1.29 is 29.0 Å². The fraction of sp³-hybridized carbons (Fsp3) is 0.606. The fourth-order valence-electron chi connectivity index (χ4n) is 5.69. The summed E-state index contributed by atoms with van der Waals surface area (Å²) in [6.07, 6.45) is -0.220. The summed E-state index contributed by atoms with van der Waals surface area (Å²) in [5.74, 6) is -1.38. The number of aryl methyl sites for hydroxylation is 1. The molecular formula is C33H47N5O6S. The maximum atomic E-state index is 13.9. The number of piperidine rings is 1. The molecule has 3 atom stereocenters. The highest BCUT2D eigenvalue weighted by Crippen LogP contribution is 2.29. The largest absolute Gasteiger partial charge is 0.444 e. The molecule has 2 fully saturated rings. The van der Waals surface area contributed by atoms with E-state index in [0.717, 1.165) is 21.7 Å². The van der Waals surface area contributed by atoms with E-state index in [9.17, 15) is 24.3 Å². The third kappa shape index (κ3) is 8.82. The average molecular weight is 642 g/mol. The predicted molar refractivity (Wildman–Crippen MR) is 172 cm³/mol. The summed E-state index contributed by atoms with van der Waals surface area (Å²) in [6, 6.07) is 6.13. The third-order valence-electron chi connectivity index (χ3n) is 8.21. The predicted octanol–water partition coefficient (Wildman–Crippen LogP) is 3.87. The first-order valence-electron chi connectivity index (χ1n) is 15.6. The van der Waals surface area contributed by atoms with Gasteiger partial charge in [0.05, 0.1) is 22.2 Å². The number of carbonyl (C=O) groups is 4. The van der Waals surface area contributed by atoms with Crippen LogP contribution in [-0.4, -0.2) is 87.1 Å². The molecule has 2 saturated heterocycles. The number of hydrogen-bond donors (Lipinski definition) is 3. The number of amides is 4. The van der Waals surface area contributed by atoms with E-state index in [1.807, 2.05) is 78.2 Å². The van der Waals surface area contributed by atoms with E-state index in [4.69, 9.17) is 4.74 Å². The summed E-state index contributed by atoms with van der Waals surface area (Å²) < 4.78 is 5.45. The average Bonchev–Trinajstić information content (AvgIpc) is 3.58. The molecule has 0 spiro atoms. The monoisotopic (exact) mass is 641 g/mol. The van der Waals surface area contributed by atoms with Gasteiger partial charge in [-0.15, -0.1) is 11.3 Å². The van der Waals surface area contributed by atoms with E-state index in [0.29, 0.717) is 25.9 Å². The van der Waals surface area contributed by atoms with Crippen molar-refractivity contribution in [1.29, 1.82) is 0 Å². The molecule has 45 heavy (non-hydrogen) atoms. The molecule has 0 unspecified atom stereocenters. The number of nitrogens with one attached hydrogen (secondary N) is 2. The molecule has 0 aliphatic carbocycles. The lowest BCUT2D eigenvalue weighted by Gasteiger charge is -2.37. The molecular weight excluding hydrogens is 594 g/mol. The van der Waals surface area contributed by atoms with Gasteiger partial charge in [0.1, 0.15) is 17.7 Å². The highest BCUT2D eigenvalue weighted by molar-refractivity contribution is 7.13. The van der Waals surface area contributed by atoms with Gasteiger partial charge < -0.3 is 30.3 Å². The number of ether oxygens (including phenoxy) is 1. The number of thiazole rings is 1. The molecule has 1 aromatic heterocycles. The van der Waals surface area contributed by atoms with E-state index in [1.165, 1.54) is 4.90 Å². The lowest BCUT2D eigenvalue weighted by Crippen LogP contribution is -2.59. The van der Waals surface area contributed by atoms with Gasteiger partial charge in [0, 0.05) is 38.5 Å². The number of aliphatic hydroxyl groups excluding tert-OH is 1. The molecule has 4 amide bonds. The second-order valence-electron chi connectivity index (χ2n) is 14.1. The van der Waals surface area contributed by atoms with Crippen LogP contribution in [0.1, 0.15) is 72.1 Å². The quantitative estimate of drug-likeness (QED) is 0.417. The van der Waals surface area contributed by atoms with Gasteiger partial charge in [-0.1, -0.05) is 45.0 Å². The standard InChI is InChI=1S/C33H47N5O6S/c1-20-26(45-19-35-20)22-10-8-21(9-11-22)17-34-29(41)25-16-24(39)18-38(25)30(42)27(32(2,3)4)36-28(40)23-12-14-37(15-13-23)31(43)44-33(5,6)7/h8-11,19,23-25,27,39H,12-18H2,1-7H3,(H,34,41)(H,36,40)/t24-,25+,27-/m1/s1. The van der Waals surface area contributed by atoms with Crippen molar-refractivity contribution in [3.8, 4) is 10.4 Å². The van der Waals surface area contributed by atoms with Crippen molar-refractivity contribution in [1.82, 2.24) is 25.4 Å². The fourth-order valence-corrected chi connectivity index (χ4v) is 6.50. The van der Waals surface area contributed by atoms with Gasteiger partial charge in [-0.3, -0.25) is 14.4 Å². The second-order valence-corrected chi connectivity index (χ2v) is 15.0. The van der Waals surface area contributed by atoms with Crippen LogP contribution in [0.3, 0.4) is 0 Å². The first-order valence-corrected chi connectivity index (χ1v) is 16.5. The van der Waals surface area contributed by atoms with Crippen molar-refractivity contribution >= 4 is 35.2 Å². The number of carbonyl (C=O) groups excluding carboxylic acids is 4. The molecule has 0 saturated carbocycles. The number of nitrogens with zero attached hydrogens (tertiary/aromatic N) is 3. The van der Waals surface area contributed by atoms with Gasteiger partial charge >= 0.3 is 6.09 Å². The van der Waals surface area contributed by atoms with Crippen LogP contribution < -0.4 is 10.6 Å². The lowest BCUT2D eigenvalue weighted by molar-refractivity contribution is -0.144. The molecule has 0 radical (unpaired) electrons. The minimum absolute atomic E-state index is 0.0105. The summed E-state index contributed by atoms with van der Waals surface area (Å²) in [5.41, 5.74) is 3.49. The van der Waals surface area contributed by atoms with Gasteiger partial charge in [-0.05, 0) is 57.1 Å². The summed E-state index contributed by atoms with van der Waals surface area (Å²) >= 11 is 1.58. The van der Waals surface area contributed by atoms with Crippen molar-refractivity contribution in [3.63, 3.8) is 0 Å². The number of aliphatic hydroxyl groups is 1. The summed E-state index contributed by atoms with van der Waals surface area (Å²) in [4.78, 5) is 61.5. The van der Waals surface area contributed by atoms with E-state index in [2.05, 4.69) is 15.6 Å². The Morgan fingerprint density at radius 1 is 1.04 bits per heavy atom. The molecule has 2 aliphatic heterocycles. The highest BCUT2D eigenvalue weighted by atomic mass is 32.1. The Bertz CT molecular complexity index is 1370. The summed E-state index contributed by atoms with van der Waals surface area (Å²) in [7, 11) is 0. The van der Waals surface area contributed by atoms with Crippen molar-refractivity contribution in [2.24, 2.45) is 11.3 Å². The van der Waals surface area contributed by atoms with Crippen molar-refractivity contribution in [2.45, 2.75) is 98.1 Å². The number of benzene rings is 1. The maximum absolute atomic E-state index is 13.9. The minimum Gasteiger partial charge on any atom is -0.444 e. The molecule has 11 nitrogen and oxygen atoms in total. The van der Waals surface area contributed by atoms with Crippen molar-refractivity contribution in [3.05, 3.63) is 41.0 Å². The number of likely N-dealkylation sites (tertiary alicyclic amines) is 2. The van der Waals surface area contributed by atoms with Gasteiger partial charge in [0.25, 0.3) is 0 Å². The Morgan fingerprint density at radius 2 is 1.69 bits per heavy atom. The van der Waals surface area contributed by atoms with Gasteiger partial charge in [0.15, 0.2) is 0 Å². The zero-order valence-corrected chi connectivity index (χ0v) is 28.2. The van der Waals surface area contributed by atoms with Gasteiger partial charge in [-0.2, -0.15) is 0 Å². The Hall–Kier alpha value is -3.51. The zero-order chi connectivity index (χ0) is 33.1. The Morgan fingerprint density at radius 3 is 2.24 bits per heavy atom. The van der Waals surface area contributed by atoms with Crippen LogP contribution in [0.25, 0.3) is 10.4 Å². The van der Waals surface area contributed by atoms with Crippen LogP contribution in [-0.2, 0) is 25.7 Å². The number of aromatic nitrogens is 1. The summed E-state index contributed by atoms with van der Waals surface area (Å²) in [6.45, 7) is 14.0. The smallest absolute Gasteiger partial charge is 0.410 e. The highest BCUT2D eigenvalue weighted by Gasteiger charge is 2.45. The number of rotatable bonds is 7. The Labute approximate surface area is 269 Å². The SMILES string of the molecule is Cc1ncsc1-c1ccc(CNC(=O)[C@@H]2C[C@@H](O)CN2C(=O)[C@@H](NC(=O)C2CCN(C(=O)OC(C)(C)C)CC2)C(C)(C)C)cc1.